The van der Waals surface area contributed by atoms with Crippen molar-refractivity contribution >= 4 is 29.1 Å². The van der Waals surface area contributed by atoms with Crippen molar-refractivity contribution in [1.29, 1.82) is 0 Å². The van der Waals surface area contributed by atoms with E-state index in [1.54, 1.807) is 61.5 Å². The highest BCUT2D eigenvalue weighted by Crippen LogP contribution is 2.37. The molecule has 0 bridgehead atoms. The van der Waals surface area contributed by atoms with E-state index in [2.05, 4.69) is 5.32 Å². The molecule has 0 aliphatic carbocycles. The third-order valence-electron chi connectivity index (χ3n) is 4.99. The van der Waals surface area contributed by atoms with E-state index in [0.717, 1.165) is 0 Å². The Morgan fingerprint density at radius 2 is 1.86 bits per heavy atom. The first-order valence-corrected chi connectivity index (χ1v) is 9.25. The number of rotatable bonds is 4. The van der Waals surface area contributed by atoms with Gasteiger partial charge in [-0.1, -0.05) is 12.1 Å². The van der Waals surface area contributed by atoms with Crippen LogP contribution in [-0.2, 0) is 9.59 Å². The van der Waals surface area contributed by atoms with Crippen LogP contribution in [0.15, 0.2) is 42.5 Å². The summed E-state index contributed by atoms with van der Waals surface area (Å²) in [6.45, 7) is 0.414. The Balaban J connectivity index is 1.49. The molecule has 150 valence electrons. The molecule has 29 heavy (non-hydrogen) atoms. The third kappa shape index (κ3) is 3.61. The maximum Gasteiger partial charge on any atom is 0.255 e. The van der Waals surface area contributed by atoms with Gasteiger partial charge in [0, 0.05) is 38.8 Å². The van der Waals surface area contributed by atoms with Gasteiger partial charge in [0.05, 0.1) is 17.2 Å². The van der Waals surface area contributed by atoms with Crippen molar-refractivity contribution in [3.8, 4) is 11.5 Å². The average Bonchev–Trinajstić information content (AvgIpc) is 3.33. The molecule has 2 aromatic rings. The van der Waals surface area contributed by atoms with Crippen molar-refractivity contribution in [2.75, 3.05) is 37.6 Å². The number of nitrogens with zero attached hydrogens (tertiary/aromatic N) is 2. The second-order valence-corrected chi connectivity index (χ2v) is 7.18. The number of benzene rings is 2. The van der Waals surface area contributed by atoms with Crippen LogP contribution in [0.4, 0.5) is 11.4 Å². The number of nitrogens with one attached hydrogen (secondary N) is 1. The minimum atomic E-state index is -0.518. The molecule has 2 heterocycles. The number of amides is 3. The van der Waals surface area contributed by atoms with Crippen LogP contribution >= 0.6 is 0 Å². The Bertz CT molecular complexity index is 988. The quantitative estimate of drug-likeness (QED) is 0.857. The summed E-state index contributed by atoms with van der Waals surface area (Å²) in [5.41, 5.74) is 1.51. The lowest BCUT2D eigenvalue weighted by atomic mass is 10.1. The zero-order chi connectivity index (χ0) is 20.5. The van der Waals surface area contributed by atoms with Crippen LogP contribution in [0.2, 0.25) is 0 Å². The van der Waals surface area contributed by atoms with Gasteiger partial charge in [0.15, 0.2) is 11.5 Å². The molecule has 8 nitrogen and oxygen atoms in total. The summed E-state index contributed by atoms with van der Waals surface area (Å²) in [5, 5.41) is 2.81. The first-order valence-electron chi connectivity index (χ1n) is 9.25. The fraction of sp³-hybridized carbons (Fsp3) is 0.286. The van der Waals surface area contributed by atoms with E-state index in [9.17, 15) is 14.4 Å². The van der Waals surface area contributed by atoms with Gasteiger partial charge in [0.2, 0.25) is 18.6 Å². The summed E-state index contributed by atoms with van der Waals surface area (Å²) >= 11 is 0. The molecule has 1 unspecified atom stereocenters. The second kappa shape index (κ2) is 7.46. The summed E-state index contributed by atoms with van der Waals surface area (Å²) in [5.74, 6) is 0.0688. The van der Waals surface area contributed by atoms with E-state index >= 15 is 0 Å². The van der Waals surface area contributed by atoms with Crippen molar-refractivity contribution in [2.45, 2.75) is 6.42 Å². The number of carbonyl (C=O) groups is 3. The highest BCUT2D eigenvalue weighted by atomic mass is 16.7. The van der Waals surface area contributed by atoms with Gasteiger partial charge in [0.1, 0.15) is 0 Å². The molecule has 2 aliphatic heterocycles. The lowest BCUT2D eigenvalue weighted by Crippen LogP contribution is -2.29. The summed E-state index contributed by atoms with van der Waals surface area (Å²) in [6.07, 6.45) is 0.101. The SMILES string of the molecule is CN(C)C(=O)c1ccccc1NC(=O)C1CC(=O)N(c2ccc3c(c2)OCO3)C1. The second-order valence-electron chi connectivity index (χ2n) is 7.18. The number of anilines is 2. The molecule has 1 N–H and O–H groups in total. The molecule has 2 aliphatic rings. The standard InChI is InChI=1S/C21H21N3O5/c1-23(2)21(27)15-5-3-4-6-16(15)22-20(26)13-9-19(25)24(11-13)14-7-8-17-18(10-14)29-12-28-17/h3-8,10,13H,9,11-12H2,1-2H3,(H,22,26). The van der Waals surface area contributed by atoms with Crippen molar-refractivity contribution in [3.05, 3.63) is 48.0 Å². The van der Waals surface area contributed by atoms with E-state index in [-0.39, 0.29) is 37.5 Å². The van der Waals surface area contributed by atoms with Crippen LogP contribution in [-0.4, -0.2) is 50.1 Å². The molecule has 1 atom stereocenters. The van der Waals surface area contributed by atoms with E-state index in [1.165, 1.54) is 4.90 Å². The Morgan fingerprint density at radius 3 is 2.66 bits per heavy atom. The van der Waals surface area contributed by atoms with Gasteiger partial charge in [-0.25, -0.2) is 0 Å². The largest absolute Gasteiger partial charge is 0.454 e. The van der Waals surface area contributed by atoms with Crippen LogP contribution in [0.1, 0.15) is 16.8 Å². The predicted octanol–water partition coefficient (Wildman–Crippen LogP) is 2.11. The molecule has 1 fully saturated rings. The molecular weight excluding hydrogens is 374 g/mol. The van der Waals surface area contributed by atoms with Crippen LogP contribution < -0.4 is 19.7 Å². The highest BCUT2D eigenvalue weighted by molar-refractivity contribution is 6.07. The molecule has 1 saturated heterocycles. The maximum absolute atomic E-state index is 12.8. The smallest absolute Gasteiger partial charge is 0.255 e. The van der Waals surface area contributed by atoms with Gasteiger partial charge < -0.3 is 24.6 Å². The predicted molar refractivity (Wildman–Crippen MR) is 106 cm³/mol. The Morgan fingerprint density at radius 1 is 1.10 bits per heavy atom. The first-order chi connectivity index (χ1) is 13.9. The van der Waals surface area contributed by atoms with Gasteiger partial charge in [-0.3, -0.25) is 14.4 Å². The first kappa shape index (κ1) is 18.8. The molecule has 0 radical (unpaired) electrons. The molecule has 3 amide bonds. The molecular formula is C21H21N3O5. The summed E-state index contributed by atoms with van der Waals surface area (Å²) in [6, 6.07) is 12.1. The molecule has 4 rings (SSSR count). The van der Waals surface area contributed by atoms with Crippen LogP contribution in [0.3, 0.4) is 0 Å². The van der Waals surface area contributed by atoms with Crippen LogP contribution in [0.25, 0.3) is 0 Å². The van der Waals surface area contributed by atoms with Gasteiger partial charge in [-0.2, -0.15) is 0 Å². The van der Waals surface area contributed by atoms with E-state index < -0.39 is 5.92 Å². The monoisotopic (exact) mass is 395 g/mol. The van der Waals surface area contributed by atoms with Gasteiger partial charge in [-0.15, -0.1) is 0 Å². The normalized spacial score (nSPS) is 17.4. The maximum atomic E-state index is 12.8. The zero-order valence-electron chi connectivity index (χ0n) is 16.2. The Hall–Kier alpha value is -3.55. The fourth-order valence-corrected chi connectivity index (χ4v) is 3.44. The van der Waals surface area contributed by atoms with E-state index in [0.29, 0.717) is 28.4 Å². The topological polar surface area (TPSA) is 88.2 Å². The van der Waals surface area contributed by atoms with Gasteiger partial charge in [-0.05, 0) is 24.3 Å². The molecule has 8 heteroatoms. The highest BCUT2D eigenvalue weighted by Gasteiger charge is 2.36. The lowest BCUT2D eigenvalue weighted by Gasteiger charge is -2.18. The molecule has 2 aromatic carbocycles. The average molecular weight is 395 g/mol. The Kier molecular flexibility index (Phi) is 4.84. The third-order valence-corrected chi connectivity index (χ3v) is 4.99. The van der Waals surface area contributed by atoms with Crippen molar-refractivity contribution in [3.63, 3.8) is 0 Å². The zero-order valence-corrected chi connectivity index (χ0v) is 16.2. The minimum Gasteiger partial charge on any atom is -0.454 e. The number of ether oxygens (including phenoxy) is 2. The number of hydrogen-bond donors (Lipinski definition) is 1. The molecule has 0 spiro atoms. The molecule has 0 saturated carbocycles. The fourth-order valence-electron chi connectivity index (χ4n) is 3.44. The summed E-state index contributed by atoms with van der Waals surface area (Å²) < 4.78 is 10.7. The van der Waals surface area contributed by atoms with Gasteiger partial charge in [0.25, 0.3) is 5.91 Å². The van der Waals surface area contributed by atoms with Crippen LogP contribution in [0, 0.1) is 5.92 Å². The number of fused-ring (bicyclic) bond motifs is 1. The van der Waals surface area contributed by atoms with E-state index in [1.807, 2.05) is 0 Å². The lowest BCUT2D eigenvalue weighted by molar-refractivity contribution is -0.122. The minimum absolute atomic E-state index is 0.101. The number of carbonyl (C=O) groups excluding carboxylic acids is 3. The number of para-hydroxylation sites is 1. The van der Waals surface area contributed by atoms with Crippen molar-refractivity contribution < 1.29 is 23.9 Å². The van der Waals surface area contributed by atoms with Crippen molar-refractivity contribution in [1.82, 2.24) is 4.90 Å². The van der Waals surface area contributed by atoms with Crippen molar-refractivity contribution in [2.24, 2.45) is 5.92 Å². The van der Waals surface area contributed by atoms with Crippen LogP contribution in [0.5, 0.6) is 11.5 Å². The number of hydrogen-bond acceptors (Lipinski definition) is 5. The summed E-state index contributed by atoms with van der Waals surface area (Å²) in [4.78, 5) is 40.7. The molecule has 0 aromatic heterocycles. The Labute approximate surface area is 168 Å². The van der Waals surface area contributed by atoms with Gasteiger partial charge >= 0.3 is 0 Å². The van der Waals surface area contributed by atoms with E-state index in [4.69, 9.17) is 9.47 Å². The summed E-state index contributed by atoms with van der Waals surface area (Å²) in [7, 11) is 3.31.